The molecular formula is C22H23N3O2. The van der Waals surface area contributed by atoms with Crippen LogP contribution in [0.5, 0.6) is 5.75 Å². The maximum Gasteiger partial charge on any atom is 0.255 e. The number of hydrogen-bond donors (Lipinski definition) is 2. The number of aromatic nitrogens is 1. The molecule has 0 atom stereocenters. The summed E-state index contributed by atoms with van der Waals surface area (Å²) in [6.07, 6.45) is 1.62. The summed E-state index contributed by atoms with van der Waals surface area (Å²) in [4.78, 5) is 16.8. The Hall–Kier alpha value is -3.34. The third-order valence-corrected chi connectivity index (χ3v) is 4.44. The molecule has 0 aliphatic heterocycles. The molecule has 0 spiro atoms. The van der Waals surface area contributed by atoms with Gasteiger partial charge in [0.25, 0.3) is 5.91 Å². The van der Waals surface area contributed by atoms with Crippen LogP contribution in [0, 0.1) is 13.8 Å². The van der Waals surface area contributed by atoms with E-state index in [1.807, 2.05) is 56.3 Å². The zero-order valence-electron chi connectivity index (χ0n) is 15.7. The number of nitrogens with zero attached hydrogens (tertiary/aromatic N) is 1. The third-order valence-electron chi connectivity index (χ3n) is 4.44. The number of methoxy groups -OCH3 is 1. The number of rotatable bonds is 6. The molecule has 3 rings (SSSR count). The van der Waals surface area contributed by atoms with Crippen LogP contribution in [0.2, 0.25) is 0 Å². The fourth-order valence-corrected chi connectivity index (χ4v) is 2.73. The second-order valence-electron chi connectivity index (χ2n) is 6.35. The third kappa shape index (κ3) is 4.64. The molecule has 0 radical (unpaired) electrons. The van der Waals surface area contributed by atoms with Gasteiger partial charge in [0, 0.05) is 29.6 Å². The number of para-hydroxylation sites is 1. The van der Waals surface area contributed by atoms with Crippen molar-refractivity contribution < 1.29 is 9.53 Å². The van der Waals surface area contributed by atoms with Crippen LogP contribution in [0.1, 0.15) is 27.0 Å². The van der Waals surface area contributed by atoms with E-state index in [0.29, 0.717) is 17.9 Å². The Morgan fingerprint density at radius 1 is 1.04 bits per heavy atom. The summed E-state index contributed by atoms with van der Waals surface area (Å²) in [6.45, 7) is 4.63. The van der Waals surface area contributed by atoms with E-state index in [2.05, 4.69) is 15.6 Å². The van der Waals surface area contributed by atoms with Gasteiger partial charge in [0.15, 0.2) is 0 Å². The van der Waals surface area contributed by atoms with E-state index in [1.165, 1.54) is 5.56 Å². The normalized spacial score (nSPS) is 10.3. The maximum atomic E-state index is 12.6. The van der Waals surface area contributed by atoms with E-state index in [9.17, 15) is 4.79 Å². The van der Waals surface area contributed by atoms with E-state index in [-0.39, 0.29) is 5.91 Å². The lowest BCUT2D eigenvalue weighted by Gasteiger charge is -2.11. The largest absolute Gasteiger partial charge is 0.496 e. The summed E-state index contributed by atoms with van der Waals surface area (Å²) in [5.41, 5.74) is 4.68. The summed E-state index contributed by atoms with van der Waals surface area (Å²) in [7, 11) is 1.65. The molecule has 0 saturated heterocycles. The van der Waals surface area contributed by atoms with E-state index in [0.717, 1.165) is 22.6 Å². The first kappa shape index (κ1) is 18.5. The minimum atomic E-state index is -0.166. The van der Waals surface area contributed by atoms with Gasteiger partial charge in [-0.25, -0.2) is 4.98 Å². The van der Waals surface area contributed by atoms with E-state index < -0.39 is 0 Å². The molecule has 5 heteroatoms. The number of aryl methyl sites for hydroxylation is 2. The first-order valence-electron chi connectivity index (χ1n) is 8.77. The van der Waals surface area contributed by atoms with E-state index in [1.54, 1.807) is 25.4 Å². The van der Waals surface area contributed by atoms with Gasteiger partial charge in [0.1, 0.15) is 11.6 Å². The van der Waals surface area contributed by atoms with Crippen LogP contribution in [-0.4, -0.2) is 18.0 Å². The van der Waals surface area contributed by atoms with Crippen LogP contribution in [0.4, 0.5) is 11.5 Å². The Morgan fingerprint density at radius 3 is 2.63 bits per heavy atom. The Balaban J connectivity index is 1.69. The molecule has 1 heterocycles. The van der Waals surface area contributed by atoms with Crippen LogP contribution in [0.15, 0.2) is 60.8 Å². The number of hydrogen-bond acceptors (Lipinski definition) is 4. The smallest absolute Gasteiger partial charge is 0.255 e. The maximum absolute atomic E-state index is 12.6. The minimum absolute atomic E-state index is 0.166. The van der Waals surface area contributed by atoms with Gasteiger partial charge in [-0.05, 0) is 55.3 Å². The fraction of sp³-hybridized carbons (Fsp3) is 0.182. The minimum Gasteiger partial charge on any atom is -0.496 e. The standard InChI is InChI=1S/C22H23N3O2/c1-15-8-9-19(12-16(15)2)25-22(26)17-10-11-23-21(13-17)24-14-18-6-4-5-7-20(18)27-3/h4-13H,14H2,1-3H3,(H,23,24)(H,25,26). The highest BCUT2D eigenvalue weighted by Gasteiger charge is 2.09. The van der Waals surface area contributed by atoms with Crippen molar-refractivity contribution in [1.29, 1.82) is 0 Å². The summed E-state index contributed by atoms with van der Waals surface area (Å²) >= 11 is 0. The predicted molar refractivity (Wildman–Crippen MR) is 108 cm³/mol. The molecular weight excluding hydrogens is 338 g/mol. The number of ether oxygens (including phenoxy) is 1. The van der Waals surface area contributed by atoms with Gasteiger partial charge >= 0.3 is 0 Å². The first-order valence-corrected chi connectivity index (χ1v) is 8.77. The molecule has 5 nitrogen and oxygen atoms in total. The Kier molecular flexibility index (Phi) is 5.71. The van der Waals surface area contributed by atoms with Crippen molar-refractivity contribution in [1.82, 2.24) is 4.98 Å². The van der Waals surface area contributed by atoms with Gasteiger partial charge in [-0.1, -0.05) is 24.3 Å². The SMILES string of the molecule is COc1ccccc1CNc1cc(C(=O)Nc2ccc(C)c(C)c2)ccn1. The molecule has 2 aromatic carbocycles. The lowest BCUT2D eigenvalue weighted by Crippen LogP contribution is -2.13. The quantitative estimate of drug-likeness (QED) is 0.675. The van der Waals surface area contributed by atoms with E-state index in [4.69, 9.17) is 4.74 Å². The second kappa shape index (κ2) is 8.36. The van der Waals surface area contributed by atoms with Gasteiger partial charge in [-0.2, -0.15) is 0 Å². The average Bonchev–Trinajstić information content (AvgIpc) is 2.69. The molecule has 1 amide bonds. The highest BCUT2D eigenvalue weighted by molar-refractivity contribution is 6.04. The van der Waals surface area contributed by atoms with E-state index >= 15 is 0 Å². The Bertz CT molecular complexity index is 954. The van der Waals surface area contributed by atoms with Crippen LogP contribution in [-0.2, 0) is 6.54 Å². The molecule has 0 aliphatic rings. The highest BCUT2D eigenvalue weighted by atomic mass is 16.5. The van der Waals surface area contributed by atoms with Crippen molar-refractivity contribution in [3.8, 4) is 5.75 Å². The van der Waals surface area contributed by atoms with Gasteiger partial charge in [-0.15, -0.1) is 0 Å². The van der Waals surface area contributed by atoms with Crippen molar-refractivity contribution in [2.45, 2.75) is 20.4 Å². The van der Waals surface area contributed by atoms with Crippen molar-refractivity contribution >= 4 is 17.4 Å². The summed E-state index contributed by atoms with van der Waals surface area (Å²) in [5, 5.41) is 6.17. The fourth-order valence-electron chi connectivity index (χ4n) is 2.73. The molecule has 0 bridgehead atoms. The molecule has 0 aliphatic carbocycles. The van der Waals surface area contributed by atoms with Gasteiger partial charge < -0.3 is 15.4 Å². The number of nitrogens with one attached hydrogen (secondary N) is 2. The number of amides is 1. The number of carbonyl (C=O) groups excluding carboxylic acids is 1. The van der Waals surface area contributed by atoms with Gasteiger partial charge in [0.05, 0.1) is 7.11 Å². The van der Waals surface area contributed by atoms with Crippen molar-refractivity contribution in [2.75, 3.05) is 17.7 Å². The first-order chi connectivity index (χ1) is 13.1. The molecule has 0 unspecified atom stereocenters. The Labute approximate surface area is 159 Å². The molecule has 138 valence electrons. The predicted octanol–water partition coefficient (Wildman–Crippen LogP) is 4.57. The number of carbonyl (C=O) groups is 1. The Morgan fingerprint density at radius 2 is 1.85 bits per heavy atom. The number of pyridine rings is 1. The summed E-state index contributed by atoms with van der Waals surface area (Å²) < 4.78 is 5.36. The van der Waals surface area contributed by atoms with Crippen LogP contribution in [0.3, 0.4) is 0 Å². The van der Waals surface area contributed by atoms with Crippen LogP contribution in [0.25, 0.3) is 0 Å². The average molecular weight is 361 g/mol. The zero-order valence-corrected chi connectivity index (χ0v) is 15.7. The molecule has 3 aromatic rings. The number of anilines is 2. The summed E-state index contributed by atoms with van der Waals surface area (Å²) in [6, 6.07) is 17.1. The summed E-state index contributed by atoms with van der Waals surface area (Å²) in [5.74, 6) is 1.28. The lowest BCUT2D eigenvalue weighted by atomic mass is 10.1. The van der Waals surface area contributed by atoms with Crippen LogP contribution >= 0.6 is 0 Å². The number of benzene rings is 2. The molecule has 0 saturated carbocycles. The highest BCUT2D eigenvalue weighted by Crippen LogP contribution is 2.19. The second-order valence-corrected chi connectivity index (χ2v) is 6.35. The monoisotopic (exact) mass is 361 g/mol. The molecule has 2 N–H and O–H groups in total. The molecule has 0 fully saturated rings. The van der Waals surface area contributed by atoms with Gasteiger partial charge in [0.2, 0.25) is 0 Å². The van der Waals surface area contributed by atoms with Crippen molar-refractivity contribution in [2.24, 2.45) is 0 Å². The molecule has 27 heavy (non-hydrogen) atoms. The topological polar surface area (TPSA) is 63.2 Å². The van der Waals surface area contributed by atoms with Gasteiger partial charge in [-0.3, -0.25) is 4.79 Å². The lowest BCUT2D eigenvalue weighted by molar-refractivity contribution is 0.102. The zero-order chi connectivity index (χ0) is 19.2. The van der Waals surface area contributed by atoms with Crippen molar-refractivity contribution in [3.63, 3.8) is 0 Å². The van der Waals surface area contributed by atoms with Crippen molar-refractivity contribution in [3.05, 3.63) is 83.0 Å². The molecule has 1 aromatic heterocycles. The van der Waals surface area contributed by atoms with Crippen LogP contribution < -0.4 is 15.4 Å².